The second kappa shape index (κ2) is 15.3. The summed E-state index contributed by atoms with van der Waals surface area (Å²) < 4.78 is 5.62. The molecular weight excluding hydrogens is 636 g/mol. The molecule has 3 atom stereocenters. The van der Waals surface area contributed by atoms with Crippen LogP contribution in [0.3, 0.4) is 0 Å². The molecule has 262 valence electrons. The van der Waals surface area contributed by atoms with Gasteiger partial charge in [0, 0.05) is 34.9 Å². The number of hydrogen-bond donors (Lipinski definition) is 5. The van der Waals surface area contributed by atoms with Crippen molar-refractivity contribution in [2.24, 2.45) is 5.41 Å². The van der Waals surface area contributed by atoms with E-state index >= 15 is 0 Å². The summed E-state index contributed by atoms with van der Waals surface area (Å²) in [6.45, 7) is 7.77. The lowest BCUT2D eigenvalue weighted by Crippen LogP contribution is -2.59. The van der Waals surface area contributed by atoms with Gasteiger partial charge in [-0.3, -0.25) is 19.2 Å². The molecule has 0 radical (unpaired) electrons. The van der Waals surface area contributed by atoms with Crippen molar-refractivity contribution >= 4 is 57.4 Å². The monoisotopic (exact) mass is 680 g/mol. The van der Waals surface area contributed by atoms with E-state index in [2.05, 4.69) is 36.6 Å². The van der Waals surface area contributed by atoms with Crippen LogP contribution >= 0.6 is 0 Å². The number of aromatic nitrogens is 2. The van der Waals surface area contributed by atoms with Gasteiger partial charge in [0.1, 0.15) is 30.0 Å². The van der Waals surface area contributed by atoms with Crippen LogP contribution in [0.4, 0.5) is 22.9 Å². The van der Waals surface area contributed by atoms with Crippen molar-refractivity contribution < 1.29 is 23.9 Å². The average Bonchev–Trinajstić information content (AvgIpc) is 3.61. The van der Waals surface area contributed by atoms with Crippen LogP contribution < -0.4 is 31.3 Å². The molecule has 5 rings (SSSR count). The Morgan fingerprint density at radius 3 is 2.30 bits per heavy atom. The maximum Gasteiger partial charge on any atom is 0.255 e. The second-order valence-electron chi connectivity index (χ2n) is 13.3. The number of rotatable bonds is 11. The third-order valence-electron chi connectivity index (χ3n) is 8.72. The number of nitrogens with one attached hydrogen (secondary N) is 5. The van der Waals surface area contributed by atoms with Gasteiger partial charge >= 0.3 is 0 Å². The van der Waals surface area contributed by atoms with Crippen LogP contribution in [0.1, 0.15) is 50.9 Å². The van der Waals surface area contributed by atoms with E-state index in [0.717, 1.165) is 0 Å². The number of amides is 4. The van der Waals surface area contributed by atoms with Gasteiger partial charge in [0.25, 0.3) is 5.91 Å². The van der Waals surface area contributed by atoms with Gasteiger partial charge in [0.2, 0.25) is 17.7 Å². The predicted octanol–water partition coefficient (Wildman–Crippen LogP) is 4.70. The fourth-order valence-electron chi connectivity index (χ4n) is 5.75. The number of benzene rings is 3. The molecule has 4 aromatic rings. The molecule has 13 heteroatoms. The van der Waals surface area contributed by atoms with Gasteiger partial charge in [-0.15, -0.1) is 0 Å². The number of fused-ring (bicyclic) bond motifs is 1. The summed E-state index contributed by atoms with van der Waals surface area (Å²) in [4.78, 5) is 63.4. The Balaban J connectivity index is 1.34. The van der Waals surface area contributed by atoms with Crippen LogP contribution in [-0.4, -0.2) is 77.3 Å². The van der Waals surface area contributed by atoms with Crippen molar-refractivity contribution in [2.45, 2.75) is 58.7 Å². The Morgan fingerprint density at radius 2 is 1.64 bits per heavy atom. The first-order chi connectivity index (χ1) is 23.9. The first-order valence-electron chi connectivity index (χ1n) is 16.5. The summed E-state index contributed by atoms with van der Waals surface area (Å²) >= 11 is 0. The lowest BCUT2D eigenvalue weighted by molar-refractivity contribution is -0.143. The Bertz CT molecular complexity index is 1860. The smallest absolute Gasteiger partial charge is 0.255 e. The van der Waals surface area contributed by atoms with Crippen molar-refractivity contribution in [2.75, 3.05) is 36.7 Å². The number of ether oxygens (including phenoxy) is 1. The van der Waals surface area contributed by atoms with Crippen LogP contribution in [0.5, 0.6) is 5.75 Å². The molecule has 5 N–H and O–H groups in total. The lowest BCUT2D eigenvalue weighted by Gasteiger charge is -2.36. The van der Waals surface area contributed by atoms with Gasteiger partial charge < -0.3 is 36.2 Å². The maximum absolute atomic E-state index is 13.9. The van der Waals surface area contributed by atoms with Crippen LogP contribution in [0, 0.1) is 5.41 Å². The van der Waals surface area contributed by atoms with Gasteiger partial charge in [-0.1, -0.05) is 39.0 Å². The van der Waals surface area contributed by atoms with E-state index < -0.39 is 23.5 Å². The number of likely N-dealkylation sites (N-methyl/N-ethyl adjacent to an activating group) is 1. The zero-order chi connectivity index (χ0) is 36.0. The van der Waals surface area contributed by atoms with Gasteiger partial charge in [0.15, 0.2) is 0 Å². The normalized spacial score (nSPS) is 15.6. The maximum atomic E-state index is 13.9. The molecule has 0 aliphatic carbocycles. The molecule has 1 saturated heterocycles. The number of nitrogens with zero attached hydrogens (tertiary/aromatic N) is 3. The second-order valence-corrected chi connectivity index (χ2v) is 13.3. The van der Waals surface area contributed by atoms with Crippen LogP contribution in [0.25, 0.3) is 10.9 Å². The first kappa shape index (κ1) is 35.7. The number of carbonyl (C=O) groups excluding carboxylic acids is 4. The topological polar surface area (TPSA) is 167 Å². The molecule has 2 heterocycles. The fraction of sp³-hybridized carbons (Fsp3) is 0.351. The molecule has 3 aromatic carbocycles. The fourth-order valence-corrected chi connectivity index (χ4v) is 5.75. The van der Waals surface area contributed by atoms with Crippen LogP contribution in [0.15, 0.2) is 73.1 Å². The van der Waals surface area contributed by atoms with Crippen molar-refractivity contribution in [3.05, 3.63) is 78.6 Å². The summed E-state index contributed by atoms with van der Waals surface area (Å²) in [6, 6.07) is 17.6. The number of carbonyl (C=O) groups is 4. The molecular formula is C37H44N8O5. The summed E-state index contributed by atoms with van der Waals surface area (Å²) in [5.74, 6) is -0.281. The Labute approximate surface area is 291 Å². The van der Waals surface area contributed by atoms with Gasteiger partial charge in [-0.05, 0) is 74.7 Å². The third-order valence-corrected chi connectivity index (χ3v) is 8.72. The molecule has 0 spiro atoms. The SMILES string of the molecule is CNC(C)C(=O)NC(C(=O)N1CCCC1C(=O)Nc1cc2c(Nc3ccc(NC(=O)c4ccccc4)cc3)ncnc2cc1OC)C(C)(C)C. The Morgan fingerprint density at radius 1 is 0.940 bits per heavy atom. The highest BCUT2D eigenvalue weighted by atomic mass is 16.5. The van der Waals surface area contributed by atoms with Crippen LogP contribution in [0.2, 0.25) is 0 Å². The highest BCUT2D eigenvalue weighted by Gasteiger charge is 2.42. The molecule has 1 fully saturated rings. The number of hydrogen-bond acceptors (Lipinski definition) is 9. The molecule has 1 aromatic heterocycles. The zero-order valence-corrected chi connectivity index (χ0v) is 29.2. The molecule has 1 aliphatic rings. The molecule has 3 unspecified atom stereocenters. The highest BCUT2D eigenvalue weighted by Crippen LogP contribution is 2.34. The summed E-state index contributed by atoms with van der Waals surface area (Å²) in [6.07, 6.45) is 2.55. The molecule has 0 saturated carbocycles. The van der Waals surface area contributed by atoms with E-state index in [4.69, 9.17) is 4.74 Å². The number of methoxy groups -OCH3 is 1. The Kier molecular flexibility index (Phi) is 11.0. The van der Waals surface area contributed by atoms with Gasteiger partial charge in [-0.25, -0.2) is 9.97 Å². The minimum Gasteiger partial charge on any atom is -0.494 e. The van der Waals surface area contributed by atoms with Crippen molar-refractivity contribution in [1.29, 1.82) is 0 Å². The lowest BCUT2D eigenvalue weighted by atomic mass is 9.85. The first-order valence-corrected chi connectivity index (χ1v) is 16.5. The van der Waals surface area contributed by atoms with Crippen molar-refractivity contribution in [3.8, 4) is 5.75 Å². The molecule has 1 aliphatic heterocycles. The van der Waals surface area contributed by atoms with E-state index in [1.165, 1.54) is 13.4 Å². The zero-order valence-electron chi connectivity index (χ0n) is 29.2. The molecule has 4 amide bonds. The largest absolute Gasteiger partial charge is 0.494 e. The number of anilines is 4. The summed E-state index contributed by atoms with van der Waals surface area (Å²) in [7, 11) is 3.18. The van der Waals surface area contributed by atoms with Crippen molar-refractivity contribution in [3.63, 3.8) is 0 Å². The minimum atomic E-state index is -0.825. The van der Waals surface area contributed by atoms with Crippen LogP contribution in [-0.2, 0) is 14.4 Å². The standard InChI is InChI=1S/C37H44N8O5/c1-22(38-5)33(46)44-31(37(2,3)4)36(49)45-18-10-13-29(45)35(48)43-28-19-26-27(20-30(28)50-6)39-21-40-32(26)41-24-14-16-25(17-15-24)42-34(47)23-11-8-7-9-12-23/h7-9,11-12,14-17,19-22,29,31,38H,10,13,18H2,1-6H3,(H,42,47)(H,43,48)(H,44,46)(H,39,40,41). The highest BCUT2D eigenvalue weighted by molar-refractivity contribution is 6.05. The summed E-state index contributed by atoms with van der Waals surface area (Å²) in [5, 5.41) is 15.6. The summed E-state index contributed by atoms with van der Waals surface area (Å²) in [5.41, 5.74) is 2.30. The van der Waals surface area contributed by atoms with E-state index in [1.807, 2.05) is 51.1 Å². The van der Waals surface area contributed by atoms with Gasteiger partial charge in [0.05, 0.1) is 24.4 Å². The minimum absolute atomic E-state index is 0.207. The molecule has 0 bridgehead atoms. The van der Waals surface area contributed by atoms with Gasteiger partial charge in [-0.2, -0.15) is 0 Å². The average molecular weight is 681 g/mol. The Hall–Kier alpha value is -5.56. The number of likely N-dealkylation sites (tertiary alicyclic amines) is 1. The predicted molar refractivity (Wildman–Crippen MR) is 193 cm³/mol. The van der Waals surface area contributed by atoms with E-state index in [9.17, 15) is 19.2 Å². The molecule has 13 nitrogen and oxygen atoms in total. The van der Waals surface area contributed by atoms with Crippen molar-refractivity contribution in [1.82, 2.24) is 25.5 Å². The quantitative estimate of drug-likeness (QED) is 0.151. The van der Waals surface area contributed by atoms with E-state index in [1.54, 1.807) is 55.3 Å². The molecule has 50 heavy (non-hydrogen) atoms. The van der Waals surface area contributed by atoms with E-state index in [-0.39, 0.29) is 23.6 Å². The van der Waals surface area contributed by atoms with E-state index in [0.29, 0.717) is 64.5 Å². The third kappa shape index (κ3) is 8.17.